The summed E-state index contributed by atoms with van der Waals surface area (Å²) in [5.74, 6) is 0.741. The van der Waals surface area contributed by atoms with Gasteiger partial charge < -0.3 is 24.5 Å². The van der Waals surface area contributed by atoms with Gasteiger partial charge in [-0.3, -0.25) is 4.90 Å². The van der Waals surface area contributed by atoms with E-state index in [1.54, 1.807) is 37.5 Å². The second kappa shape index (κ2) is 11.0. The smallest absolute Gasteiger partial charge is 0.338 e. The Morgan fingerprint density at radius 1 is 1.12 bits per heavy atom. The standard InChI is InChI=1S/C25H27N3O5S/c1-3-32-24(29)22-19(26-25(30)27-23(22)21-11-6-12-33-21)16-28(15-18-9-7-13-34-18)14-17-8-4-5-10-20(17)31-2/h4-13,23H,3,14-16H2,1-2H3,(H2,26,27,30). The predicted octanol–water partition coefficient (Wildman–Crippen LogP) is 4.22. The van der Waals surface area contributed by atoms with Gasteiger partial charge in [0.1, 0.15) is 17.6 Å². The average molecular weight is 482 g/mol. The van der Waals surface area contributed by atoms with Crippen molar-refractivity contribution in [2.24, 2.45) is 0 Å². The van der Waals surface area contributed by atoms with Crippen LogP contribution in [0.25, 0.3) is 0 Å². The third kappa shape index (κ3) is 5.49. The number of ether oxygens (including phenoxy) is 2. The largest absolute Gasteiger partial charge is 0.496 e. The lowest BCUT2D eigenvalue weighted by Gasteiger charge is -2.31. The average Bonchev–Trinajstić information content (AvgIpc) is 3.54. The maximum Gasteiger partial charge on any atom is 0.338 e. The van der Waals surface area contributed by atoms with E-state index < -0.39 is 18.0 Å². The van der Waals surface area contributed by atoms with E-state index >= 15 is 0 Å². The molecular formula is C25H27N3O5S. The second-order valence-electron chi connectivity index (χ2n) is 7.70. The van der Waals surface area contributed by atoms with E-state index in [1.807, 2.05) is 35.7 Å². The summed E-state index contributed by atoms with van der Waals surface area (Å²) < 4.78 is 16.4. The maximum absolute atomic E-state index is 13.0. The Kier molecular flexibility index (Phi) is 7.66. The van der Waals surface area contributed by atoms with Gasteiger partial charge in [0.25, 0.3) is 0 Å². The number of nitrogens with one attached hydrogen (secondary N) is 2. The molecule has 1 aliphatic heterocycles. The highest BCUT2D eigenvalue weighted by Crippen LogP contribution is 2.30. The second-order valence-corrected chi connectivity index (χ2v) is 8.73. The molecule has 8 nitrogen and oxygen atoms in total. The summed E-state index contributed by atoms with van der Waals surface area (Å²) in [6.07, 6.45) is 1.51. The molecule has 1 aromatic carbocycles. The Hall–Kier alpha value is -3.56. The summed E-state index contributed by atoms with van der Waals surface area (Å²) in [4.78, 5) is 28.9. The lowest BCUT2D eigenvalue weighted by Crippen LogP contribution is -2.48. The van der Waals surface area contributed by atoms with Gasteiger partial charge in [0.15, 0.2) is 0 Å². The summed E-state index contributed by atoms with van der Waals surface area (Å²) in [6.45, 7) is 3.46. The number of methoxy groups -OCH3 is 1. The van der Waals surface area contributed by atoms with Crippen molar-refractivity contribution in [3.63, 3.8) is 0 Å². The van der Waals surface area contributed by atoms with Gasteiger partial charge in [-0.2, -0.15) is 0 Å². The van der Waals surface area contributed by atoms with Gasteiger partial charge in [0.2, 0.25) is 0 Å². The lowest BCUT2D eigenvalue weighted by atomic mass is 9.99. The number of rotatable bonds is 10. The van der Waals surface area contributed by atoms with Gasteiger partial charge in [0.05, 0.1) is 25.6 Å². The molecule has 1 aliphatic rings. The predicted molar refractivity (Wildman–Crippen MR) is 128 cm³/mol. The number of hydrogen-bond acceptors (Lipinski definition) is 7. The fourth-order valence-electron chi connectivity index (χ4n) is 3.95. The van der Waals surface area contributed by atoms with Crippen molar-refractivity contribution in [2.75, 3.05) is 20.3 Å². The first-order valence-electron chi connectivity index (χ1n) is 11.0. The van der Waals surface area contributed by atoms with E-state index in [4.69, 9.17) is 13.9 Å². The maximum atomic E-state index is 13.0. The summed E-state index contributed by atoms with van der Waals surface area (Å²) in [7, 11) is 1.64. The number of hydrogen-bond donors (Lipinski definition) is 2. The molecule has 3 aromatic rings. The quantitative estimate of drug-likeness (QED) is 0.421. The van der Waals surface area contributed by atoms with Crippen molar-refractivity contribution in [1.29, 1.82) is 0 Å². The molecule has 178 valence electrons. The Bertz CT molecular complexity index is 1140. The number of esters is 1. The third-order valence-corrected chi connectivity index (χ3v) is 6.27. The van der Waals surface area contributed by atoms with Crippen LogP contribution < -0.4 is 15.4 Å². The molecule has 9 heteroatoms. The highest BCUT2D eigenvalue weighted by Gasteiger charge is 2.36. The fraction of sp³-hybridized carbons (Fsp3) is 0.280. The van der Waals surface area contributed by atoms with Crippen LogP contribution in [0.2, 0.25) is 0 Å². The van der Waals surface area contributed by atoms with Gasteiger partial charge in [-0.1, -0.05) is 24.3 Å². The van der Waals surface area contributed by atoms with Crippen LogP contribution in [-0.4, -0.2) is 37.2 Å². The van der Waals surface area contributed by atoms with Crippen LogP contribution in [0.3, 0.4) is 0 Å². The Labute approximate surface area is 202 Å². The minimum absolute atomic E-state index is 0.217. The Balaban J connectivity index is 1.71. The topological polar surface area (TPSA) is 93.0 Å². The van der Waals surface area contributed by atoms with Crippen LogP contribution >= 0.6 is 11.3 Å². The Morgan fingerprint density at radius 3 is 2.68 bits per heavy atom. The molecule has 0 spiro atoms. The van der Waals surface area contributed by atoms with Gasteiger partial charge in [-0.15, -0.1) is 11.3 Å². The third-order valence-electron chi connectivity index (χ3n) is 5.40. The first kappa shape index (κ1) is 23.6. The fourth-order valence-corrected chi connectivity index (χ4v) is 4.70. The summed E-state index contributed by atoms with van der Waals surface area (Å²) >= 11 is 1.65. The van der Waals surface area contributed by atoms with E-state index in [9.17, 15) is 9.59 Å². The molecule has 0 radical (unpaired) electrons. The van der Waals surface area contributed by atoms with Crippen molar-refractivity contribution in [3.8, 4) is 5.75 Å². The summed E-state index contributed by atoms with van der Waals surface area (Å²) in [6, 6.07) is 14.2. The first-order valence-corrected chi connectivity index (χ1v) is 11.8. The van der Waals surface area contributed by atoms with Crippen LogP contribution in [0.15, 0.2) is 75.9 Å². The van der Waals surface area contributed by atoms with E-state index in [1.165, 1.54) is 6.26 Å². The molecule has 2 N–H and O–H groups in total. The SMILES string of the molecule is CCOC(=O)C1=C(CN(Cc2cccs2)Cc2ccccc2OC)NC(=O)NC1c1ccco1. The molecule has 34 heavy (non-hydrogen) atoms. The van der Waals surface area contributed by atoms with Crippen LogP contribution in [0.5, 0.6) is 5.75 Å². The molecule has 1 atom stereocenters. The number of benzene rings is 1. The number of amides is 2. The first-order chi connectivity index (χ1) is 16.6. The number of nitrogens with zero attached hydrogens (tertiary/aromatic N) is 1. The number of urea groups is 1. The number of carbonyl (C=O) groups is 2. The van der Waals surface area contributed by atoms with Gasteiger partial charge in [0, 0.05) is 35.8 Å². The van der Waals surface area contributed by atoms with Crippen LogP contribution in [0.4, 0.5) is 4.79 Å². The molecule has 0 saturated heterocycles. The summed E-state index contributed by atoms with van der Waals surface area (Å²) in [5.41, 5.74) is 1.81. The Morgan fingerprint density at radius 2 is 1.97 bits per heavy atom. The molecule has 4 rings (SSSR count). The number of para-hydroxylation sites is 1. The molecule has 0 fully saturated rings. The van der Waals surface area contributed by atoms with E-state index in [0.717, 1.165) is 16.2 Å². The van der Waals surface area contributed by atoms with Crippen LogP contribution in [-0.2, 0) is 22.6 Å². The van der Waals surface area contributed by atoms with Gasteiger partial charge in [-0.05, 0) is 36.6 Å². The van der Waals surface area contributed by atoms with Crippen molar-refractivity contribution in [1.82, 2.24) is 15.5 Å². The number of thiophene rings is 1. The molecule has 3 heterocycles. The monoisotopic (exact) mass is 481 g/mol. The highest BCUT2D eigenvalue weighted by molar-refractivity contribution is 7.09. The molecular weight excluding hydrogens is 454 g/mol. The number of carbonyl (C=O) groups excluding carboxylic acids is 2. The van der Waals surface area contributed by atoms with E-state index in [0.29, 0.717) is 36.7 Å². The highest BCUT2D eigenvalue weighted by atomic mass is 32.1. The molecule has 0 bridgehead atoms. The zero-order valence-electron chi connectivity index (χ0n) is 19.1. The van der Waals surface area contributed by atoms with E-state index in [-0.39, 0.29) is 6.61 Å². The van der Waals surface area contributed by atoms with Crippen LogP contribution in [0, 0.1) is 0 Å². The zero-order chi connectivity index (χ0) is 23.9. The zero-order valence-corrected chi connectivity index (χ0v) is 19.9. The van der Waals surface area contributed by atoms with Crippen molar-refractivity contribution in [3.05, 3.63) is 87.6 Å². The van der Waals surface area contributed by atoms with Crippen molar-refractivity contribution >= 4 is 23.3 Å². The lowest BCUT2D eigenvalue weighted by molar-refractivity contribution is -0.139. The molecule has 1 unspecified atom stereocenters. The van der Waals surface area contributed by atoms with Crippen molar-refractivity contribution in [2.45, 2.75) is 26.1 Å². The van der Waals surface area contributed by atoms with E-state index in [2.05, 4.69) is 21.6 Å². The minimum atomic E-state index is -0.743. The van der Waals surface area contributed by atoms with Gasteiger partial charge in [-0.25, -0.2) is 9.59 Å². The van der Waals surface area contributed by atoms with Crippen molar-refractivity contribution < 1.29 is 23.5 Å². The molecule has 2 aromatic heterocycles. The van der Waals surface area contributed by atoms with Gasteiger partial charge >= 0.3 is 12.0 Å². The normalized spacial score (nSPS) is 15.7. The molecule has 0 aliphatic carbocycles. The summed E-state index contributed by atoms with van der Waals surface area (Å²) in [5, 5.41) is 7.65. The number of furan rings is 1. The minimum Gasteiger partial charge on any atom is -0.496 e. The van der Waals surface area contributed by atoms with Crippen LogP contribution in [0.1, 0.15) is 29.2 Å². The molecule has 2 amide bonds. The molecule has 0 saturated carbocycles.